The Morgan fingerprint density at radius 1 is 0.694 bits per heavy atom. The van der Waals surface area contributed by atoms with Crippen LogP contribution in [-0.2, 0) is 78.3 Å². The Balaban J connectivity index is 0.00000182. The molecular weight excluding hydrogens is 1120 g/mol. The first-order valence-corrected chi connectivity index (χ1v) is 29.2. The van der Waals surface area contributed by atoms with Crippen molar-refractivity contribution in [1.82, 2.24) is 10.2 Å². The van der Waals surface area contributed by atoms with E-state index in [1.54, 1.807) is 26.0 Å². The number of rotatable bonds is 22. The molecule has 0 spiro atoms. The molecule has 85 heavy (non-hydrogen) atoms. The molecule has 0 aliphatic carbocycles. The average Bonchev–Trinajstić information content (AvgIpc) is 2.24. The van der Waals surface area contributed by atoms with Gasteiger partial charge in [0.2, 0.25) is 11.8 Å². The number of nitrogens with one attached hydrogen (secondary N) is 2. The average molecular weight is 1180 g/mol. The summed E-state index contributed by atoms with van der Waals surface area (Å²) in [7, 11) is -1.58. The van der Waals surface area contributed by atoms with Crippen molar-refractivity contribution in [1.29, 1.82) is 0 Å². The van der Waals surface area contributed by atoms with E-state index in [4.69, 9.17) is 26.8 Å². The van der Waals surface area contributed by atoms with Crippen LogP contribution in [0.5, 0.6) is 17.2 Å². The topological polar surface area (TPSA) is 249 Å². The zero-order valence-corrected chi connectivity index (χ0v) is 51.1. The van der Waals surface area contributed by atoms with Gasteiger partial charge in [-0.05, 0) is 147 Å². The molecule has 4 atom stereocenters. The normalized spacial score (nSPS) is 16.8. The van der Waals surface area contributed by atoms with Gasteiger partial charge in [-0.25, -0.2) is 0 Å². The van der Waals surface area contributed by atoms with Crippen molar-refractivity contribution in [2.45, 2.75) is 129 Å². The number of carbonyl (C=O) groups is 8. The fourth-order valence-corrected chi connectivity index (χ4v) is 11.6. The predicted molar refractivity (Wildman–Crippen MR) is 310 cm³/mol. The Morgan fingerprint density at radius 3 is 1.96 bits per heavy atom. The molecule has 0 radical (unpaired) electrons. The fourth-order valence-electron chi connectivity index (χ4n) is 11.6. The van der Waals surface area contributed by atoms with Gasteiger partial charge in [0.05, 0.1) is 13.2 Å². The van der Waals surface area contributed by atoms with Gasteiger partial charge in [-0.15, -0.1) is 12.6 Å². The van der Waals surface area contributed by atoms with E-state index in [9.17, 15) is 38.4 Å². The molecule has 10 rings (SSSR count). The van der Waals surface area contributed by atoms with Gasteiger partial charge in [-0.2, -0.15) is 6.42 Å². The Morgan fingerprint density at radius 2 is 1.28 bits per heavy atom. The number of anilines is 3. The van der Waals surface area contributed by atoms with Gasteiger partial charge in [0.15, 0.2) is 17.3 Å². The van der Waals surface area contributed by atoms with Gasteiger partial charge in [0.1, 0.15) is 24.7 Å². The standard InChI is InChI=1S/C64H66N5O11.Na.O3S/c1-38-26-51-43(19-21-48-31-45-12-5-8-16-53(45)68(48)63(51)76)33-56(38)79-36-41-28-42(37-80-58-34-44-20-22-49-32-46-13-6-9-17-54(46)69(49)64(77)52(44)35-57(58)78-4)30-47(29-41)66-62(75)39(2)27-55(71)40(3)65-59(72)18-10-7-14-50(70)15-11-25-67-60(73)23-24-61(67)74;;1-4(2)3/h5-6,8-9,12-13,16-17,22-24,26,28-30,33-35,39-40,48-49H,7,10-11,14-15,18-21,25,27,31-32,36-37H2,1-4H3,(H,65,72)(H,66,75);;/q-1;+1;. The van der Waals surface area contributed by atoms with E-state index in [0.717, 1.165) is 57.8 Å². The number of unbranched alkanes of at least 4 members (excludes halogenated alkanes) is 1. The van der Waals surface area contributed by atoms with E-state index in [1.807, 2.05) is 83.5 Å². The minimum absolute atomic E-state index is 0. The second-order valence-corrected chi connectivity index (χ2v) is 22.2. The van der Waals surface area contributed by atoms with E-state index >= 15 is 0 Å². The van der Waals surface area contributed by atoms with Crippen molar-refractivity contribution in [3.63, 3.8) is 0 Å². The number of methoxy groups -OCH3 is 1. The quantitative estimate of drug-likeness (QED) is 0.0406. The molecule has 5 heterocycles. The first-order valence-electron chi connectivity index (χ1n) is 28.2. The molecule has 5 aromatic carbocycles. The number of ketones is 2. The zero-order chi connectivity index (χ0) is 59.8. The summed E-state index contributed by atoms with van der Waals surface area (Å²) in [5, 5.41) is 5.74. The number of fused-ring (bicyclic) bond motifs is 8. The van der Waals surface area contributed by atoms with Crippen molar-refractivity contribution in [3.05, 3.63) is 160 Å². The van der Waals surface area contributed by atoms with Gasteiger partial charge < -0.3 is 41.1 Å². The van der Waals surface area contributed by atoms with Crippen LogP contribution < -0.4 is 64.2 Å². The first-order chi connectivity index (χ1) is 40.3. The number of hydrogen-bond acceptors (Lipinski definition) is 14. The molecule has 4 unspecified atom stereocenters. The molecule has 5 aromatic rings. The number of ether oxygens (including phenoxy) is 3. The third-order valence-corrected chi connectivity index (χ3v) is 15.9. The third-order valence-electron chi connectivity index (χ3n) is 15.9. The fraction of sp³-hybridized carbons (Fsp3) is 0.359. The molecule has 6 amide bonds. The SMILES string of the molecule is COc1cc2c(cc1OCc1cc(COc3cc4c(cc3C)C(=O)N3c5ccccc5CC3CC4)cc(NC(=O)C(C)CC(=O)C(C)NC(=O)CCCCC(=O)CCCN3C(=O)C=CC3=O)c1)C[CH-]C1Cc3ccccc3N1C2=O.O=S(=O)=O.[Na+]. The van der Waals surface area contributed by atoms with E-state index in [-0.39, 0.29) is 128 Å². The number of para-hydroxylation sites is 2. The van der Waals surface area contributed by atoms with Gasteiger partial charge in [0, 0.05) is 84.5 Å². The van der Waals surface area contributed by atoms with Gasteiger partial charge in [-0.3, -0.25) is 43.3 Å². The van der Waals surface area contributed by atoms with Crippen LogP contribution in [0, 0.1) is 19.3 Å². The molecule has 0 saturated heterocycles. The minimum atomic E-state index is -3.11. The molecular formula is C64H66N5NaO14S. The molecule has 438 valence electrons. The molecule has 2 N–H and O–H groups in total. The summed E-state index contributed by atoms with van der Waals surface area (Å²) >= 11 is 0. The molecule has 21 heteroatoms. The zero-order valence-electron chi connectivity index (χ0n) is 48.3. The third kappa shape index (κ3) is 15.2. The molecule has 0 bridgehead atoms. The van der Waals surface area contributed by atoms with Crippen molar-refractivity contribution in [3.8, 4) is 17.2 Å². The monoisotopic (exact) mass is 1180 g/mol. The van der Waals surface area contributed by atoms with Crippen molar-refractivity contribution in [2.75, 3.05) is 28.8 Å². The Bertz CT molecular complexity index is 3580. The summed E-state index contributed by atoms with van der Waals surface area (Å²) in [4.78, 5) is 109. The van der Waals surface area contributed by atoms with E-state index in [0.29, 0.717) is 77.3 Å². The number of aryl methyl sites for hydroxylation is 2. The molecule has 0 saturated carbocycles. The van der Waals surface area contributed by atoms with Crippen LogP contribution in [-0.4, -0.2) is 96.3 Å². The van der Waals surface area contributed by atoms with E-state index < -0.39 is 28.5 Å². The Kier molecular flexibility index (Phi) is 21.1. The van der Waals surface area contributed by atoms with Gasteiger partial charge >= 0.3 is 40.2 Å². The van der Waals surface area contributed by atoms with Gasteiger partial charge in [-0.1, -0.05) is 54.9 Å². The number of carbonyl (C=O) groups excluding carboxylic acids is 8. The first kappa shape index (κ1) is 63.2. The van der Waals surface area contributed by atoms with Crippen LogP contribution >= 0.6 is 0 Å². The number of imide groups is 1. The molecule has 19 nitrogen and oxygen atoms in total. The maximum Gasteiger partial charge on any atom is 1.00 e. The van der Waals surface area contributed by atoms with E-state index in [2.05, 4.69) is 29.2 Å². The number of benzene rings is 5. The number of nitrogens with zero attached hydrogens (tertiary/aromatic N) is 3. The predicted octanol–water partition coefficient (Wildman–Crippen LogP) is 4.88. The molecule has 5 aliphatic rings. The molecule has 0 aromatic heterocycles. The maximum absolute atomic E-state index is 14.2. The molecule has 0 fully saturated rings. The number of amides is 6. The second-order valence-electron chi connectivity index (χ2n) is 21.8. The van der Waals surface area contributed by atoms with Crippen molar-refractivity contribution in [2.24, 2.45) is 5.92 Å². The number of hydrogen-bond donors (Lipinski definition) is 2. The van der Waals surface area contributed by atoms with Crippen LogP contribution in [0.2, 0.25) is 0 Å². The van der Waals surface area contributed by atoms with Crippen LogP contribution in [0.25, 0.3) is 0 Å². The van der Waals surface area contributed by atoms with Crippen LogP contribution in [0.4, 0.5) is 17.1 Å². The summed E-state index contributed by atoms with van der Waals surface area (Å²) in [5.41, 5.74) is 9.83. The molecule has 5 aliphatic heterocycles. The summed E-state index contributed by atoms with van der Waals surface area (Å²) in [6, 6.07) is 28.3. The Hall–Kier alpha value is -7.78. The number of Topliss-reactive ketones (excluding diaryl/α,β-unsaturated/α-hetero) is 2. The summed E-state index contributed by atoms with van der Waals surface area (Å²) in [5.74, 6) is -1.25. The van der Waals surface area contributed by atoms with Crippen LogP contribution in [0.15, 0.2) is 103 Å². The van der Waals surface area contributed by atoms with Crippen LogP contribution in [0.3, 0.4) is 0 Å². The van der Waals surface area contributed by atoms with Gasteiger partial charge in [0.25, 0.3) is 23.6 Å². The van der Waals surface area contributed by atoms with Crippen molar-refractivity contribution >= 4 is 74.7 Å². The van der Waals surface area contributed by atoms with E-state index in [1.165, 1.54) is 24.8 Å². The minimum Gasteiger partial charge on any atom is -0.493 e. The smallest absolute Gasteiger partial charge is 0.493 e. The summed E-state index contributed by atoms with van der Waals surface area (Å²) < 4.78 is 44.2. The second kappa shape index (κ2) is 28.4. The van der Waals surface area contributed by atoms with Crippen molar-refractivity contribution < 1.29 is 94.8 Å². The summed E-state index contributed by atoms with van der Waals surface area (Å²) in [6.45, 7) is 5.50. The maximum atomic E-state index is 14.2. The Labute approximate surface area is 517 Å². The largest absolute Gasteiger partial charge is 1.00 e. The summed E-state index contributed by atoms with van der Waals surface area (Å²) in [6.07, 6.45) is 9.96. The van der Waals surface area contributed by atoms with Crippen LogP contribution in [0.1, 0.15) is 125 Å².